The second-order valence-electron chi connectivity index (χ2n) is 8.82. The quantitative estimate of drug-likeness (QED) is 0.440. The lowest BCUT2D eigenvalue weighted by Crippen LogP contribution is -2.28. The van der Waals surface area contributed by atoms with Gasteiger partial charge >= 0.3 is 0 Å². The maximum Gasteiger partial charge on any atom is 0.261 e. The summed E-state index contributed by atoms with van der Waals surface area (Å²) in [6.07, 6.45) is 1.60. The summed E-state index contributed by atoms with van der Waals surface area (Å²) in [5.74, 6) is -0.366. The number of rotatable bonds is 8. The lowest BCUT2D eigenvalue weighted by Gasteiger charge is -2.17. The number of anilines is 2. The zero-order valence-electron chi connectivity index (χ0n) is 20.8. The Morgan fingerprint density at radius 2 is 1.46 bits per heavy atom. The molecule has 0 atom stereocenters. The first-order chi connectivity index (χ1) is 17.5. The van der Waals surface area contributed by atoms with Crippen LogP contribution in [0.25, 0.3) is 0 Å². The molecule has 1 aliphatic rings. The Bertz CT molecular complexity index is 1510. The van der Waals surface area contributed by atoms with Gasteiger partial charge in [-0.25, -0.2) is 16.8 Å². The van der Waals surface area contributed by atoms with Crippen molar-refractivity contribution in [3.8, 4) is 5.75 Å². The minimum atomic E-state index is -3.85. The summed E-state index contributed by atoms with van der Waals surface area (Å²) in [6.45, 7) is 4.54. The molecule has 0 spiro atoms. The van der Waals surface area contributed by atoms with E-state index in [1.54, 1.807) is 0 Å². The number of hydrogen-bond acceptors (Lipinski definition) is 6. The molecule has 1 amide bonds. The second kappa shape index (κ2) is 10.5. The molecule has 1 saturated heterocycles. The van der Waals surface area contributed by atoms with E-state index in [1.165, 1.54) is 53.9 Å². The minimum absolute atomic E-state index is 0.0133. The molecule has 1 aliphatic heterocycles. The van der Waals surface area contributed by atoms with E-state index in [0.29, 0.717) is 24.5 Å². The second-order valence-corrected chi connectivity index (χ2v) is 12.4. The van der Waals surface area contributed by atoms with Crippen LogP contribution in [0.1, 0.15) is 34.3 Å². The molecule has 0 radical (unpaired) electrons. The Kier molecular flexibility index (Phi) is 7.58. The van der Waals surface area contributed by atoms with Gasteiger partial charge in [-0.05, 0) is 80.3 Å². The van der Waals surface area contributed by atoms with E-state index in [2.05, 4.69) is 10.0 Å². The number of hydrogen-bond donors (Lipinski definition) is 2. The molecule has 2 N–H and O–H groups in total. The highest BCUT2D eigenvalue weighted by Crippen LogP contribution is 2.28. The van der Waals surface area contributed by atoms with Crippen LogP contribution in [0.4, 0.5) is 11.4 Å². The molecule has 0 aromatic heterocycles. The molecule has 9 nitrogen and oxygen atoms in total. The fourth-order valence-electron chi connectivity index (χ4n) is 4.19. The summed E-state index contributed by atoms with van der Waals surface area (Å²) < 4.78 is 61.1. The summed E-state index contributed by atoms with van der Waals surface area (Å²) in [7, 11) is -6.18. The van der Waals surface area contributed by atoms with Crippen molar-refractivity contribution in [2.24, 2.45) is 0 Å². The van der Waals surface area contributed by atoms with E-state index in [1.807, 2.05) is 32.0 Å². The molecule has 11 heteroatoms. The van der Waals surface area contributed by atoms with Gasteiger partial charge in [-0.15, -0.1) is 0 Å². The van der Waals surface area contributed by atoms with E-state index in [4.69, 9.17) is 4.74 Å². The molecule has 3 aromatic carbocycles. The van der Waals surface area contributed by atoms with Gasteiger partial charge in [0.1, 0.15) is 5.75 Å². The van der Waals surface area contributed by atoms with Crippen molar-refractivity contribution in [3.05, 3.63) is 77.4 Å². The highest BCUT2D eigenvalue weighted by atomic mass is 32.2. The predicted molar refractivity (Wildman–Crippen MR) is 142 cm³/mol. The summed E-state index contributed by atoms with van der Waals surface area (Å²) >= 11 is 0. The average Bonchev–Trinajstić information content (AvgIpc) is 3.42. The third-order valence-corrected chi connectivity index (χ3v) is 9.52. The maximum absolute atomic E-state index is 13.1. The molecular weight excluding hydrogens is 514 g/mol. The number of nitrogens with one attached hydrogen (secondary N) is 2. The van der Waals surface area contributed by atoms with Gasteiger partial charge < -0.3 is 10.1 Å². The third kappa shape index (κ3) is 5.63. The van der Waals surface area contributed by atoms with E-state index in [0.717, 1.165) is 24.0 Å². The fourth-order valence-corrected chi connectivity index (χ4v) is 6.93. The van der Waals surface area contributed by atoms with Gasteiger partial charge in [0, 0.05) is 18.8 Å². The zero-order chi connectivity index (χ0) is 26.8. The first-order valence-corrected chi connectivity index (χ1v) is 14.6. The molecule has 0 unspecified atom stereocenters. The highest BCUT2D eigenvalue weighted by molar-refractivity contribution is 7.92. The first kappa shape index (κ1) is 26.6. The number of nitrogens with zero attached hydrogens (tertiary/aromatic N) is 1. The summed E-state index contributed by atoms with van der Waals surface area (Å²) in [6, 6.07) is 15.4. The highest BCUT2D eigenvalue weighted by Gasteiger charge is 2.28. The lowest BCUT2D eigenvalue weighted by molar-refractivity contribution is 0.102. The fraction of sp³-hybridized carbons (Fsp3) is 0.269. The van der Waals surface area contributed by atoms with Crippen molar-refractivity contribution >= 4 is 37.3 Å². The number of benzene rings is 3. The topological polar surface area (TPSA) is 122 Å². The number of sulfonamides is 2. The Balaban J connectivity index is 1.54. The smallest absolute Gasteiger partial charge is 0.261 e. The third-order valence-electron chi connectivity index (χ3n) is 6.26. The van der Waals surface area contributed by atoms with Crippen LogP contribution in [0, 0.1) is 13.8 Å². The monoisotopic (exact) mass is 543 g/mol. The van der Waals surface area contributed by atoms with Crippen molar-refractivity contribution in [1.29, 1.82) is 0 Å². The molecule has 196 valence electrons. The number of amides is 1. The van der Waals surface area contributed by atoms with Crippen LogP contribution < -0.4 is 14.8 Å². The van der Waals surface area contributed by atoms with Crippen LogP contribution in [-0.4, -0.2) is 47.2 Å². The molecule has 1 heterocycles. The predicted octanol–water partition coefficient (Wildman–Crippen LogP) is 4.15. The summed E-state index contributed by atoms with van der Waals surface area (Å²) in [5, 5.41) is 2.69. The Hall–Kier alpha value is -3.41. The number of ether oxygens (including phenoxy) is 1. The van der Waals surface area contributed by atoms with Crippen molar-refractivity contribution in [2.75, 3.05) is 30.2 Å². The number of methoxy groups -OCH3 is 1. The largest absolute Gasteiger partial charge is 0.496 e. The zero-order valence-corrected chi connectivity index (χ0v) is 22.4. The van der Waals surface area contributed by atoms with Crippen LogP contribution in [-0.2, 0) is 20.0 Å². The number of para-hydroxylation sites is 1. The molecule has 1 fully saturated rings. The van der Waals surface area contributed by atoms with Crippen LogP contribution in [0.3, 0.4) is 0 Å². The normalized spacial score (nSPS) is 14.4. The van der Waals surface area contributed by atoms with Crippen LogP contribution >= 0.6 is 0 Å². The summed E-state index contributed by atoms with van der Waals surface area (Å²) in [5.41, 5.74) is 2.52. The standard InChI is InChI=1S/C26H29N3O6S2/c1-18-7-6-8-19(2)25(18)28-36(31,32)21-11-9-20(10-12-21)27-26(30)23-17-22(13-14-24(23)35-3)37(33,34)29-15-4-5-16-29/h6-14,17,28H,4-5,15-16H2,1-3H3,(H,27,30). The minimum Gasteiger partial charge on any atom is -0.496 e. The summed E-state index contributed by atoms with van der Waals surface area (Å²) in [4.78, 5) is 13.1. The van der Waals surface area contributed by atoms with E-state index in [-0.39, 0.29) is 21.1 Å². The van der Waals surface area contributed by atoms with Crippen LogP contribution in [0.15, 0.2) is 70.5 Å². The molecular formula is C26H29N3O6S2. The lowest BCUT2D eigenvalue weighted by atomic mass is 10.1. The number of aryl methyl sites for hydroxylation is 2. The van der Waals surface area contributed by atoms with Crippen molar-refractivity contribution in [1.82, 2.24) is 4.31 Å². The van der Waals surface area contributed by atoms with Gasteiger partial charge in [-0.2, -0.15) is 4.31 Å². The number of carbonyl (C=O) groups is 1. The molecule has 0 saturated carbocycles. The first-order valence-electron chi connectivity index (χ1n) is 11.7. The molecule has 0 bridgehead atoms. The SMILES string of the molecule is COc1ccc(S(=O)(=O)N2CCCC2)cc1C(=O)Nc1ccc(S(=O)(=O)Nc2c(C)cccc2C)cc1. The van der Waals surface area contributed by atoms with E-state index in [9.17, 15) is 21.6 Å². The maximum atomic E-state index is 13.1. The van der Waals surface area contributed by atoms with Gasteiger partial charge in [-0.3, -0.25) is 9.52 Å². The van der Waals surface area contributed by atoms with Crippen molar-refractivity contribution in [3.63, 3.8) is 0 Å². The van der Waals surface area contributed by atoms with Gasteiger partial charge in [0.2, 0.25) is 10.0 Å². The van der Waals surface area contributed by atoms with Gasteiger partial charge in [0.15, 0.2) is 0 Å². The molecule has 0 aliphatic carbocycles. The Morgan fingerprint density at radius 1 is 0.865 bits per heavy atom. The Labute approximate surface area is 217 Å². The van der Waals surface area contributed by atoms with Gasteiger partial charge in [-0.1, -0.05) is 18.2 Å². The van der Waals surface area contributed by atoms with Crippen LogP contribution in [0.2, 0.25) is 0 Å². The van der Waals surface area contributed by atoms with Crippen LogP contribution in [0.5, 0.6) is 5.75 Å². The van der Waals surface area contributed by atoms with E-state index < -0.39 is 26.0 Å². The van der Waals surface area contributed by atoms with Gasteiger partial charge in [0.25, 0.3) is 15.9 Å². The van der Waals surface area contributed by atoms with Gasteiger partial charge in [0.05, 0.1) is 28.2 Å². The average molecular weight is 544 g/mol. The number of carbonyl (C=O) groups excluding carboxylic acids is 1. The van der Waals surface area contributed by atoms with Crippen molar-refractivity contribution < 1.29 is 26.4 Å². The molecule has 3 aromatic rings. The molecule has 4 rings (SSSR count). The van der Waals surface area contributed by atoms with E-state index >= 15 is 0 Å². The van der Waals surface area contributed by atoms with Crippen molar-refractivity contribution in [2.45, 2.75) is 36.5 Å². The Morgan fingerprint density at radius 3 is 2.05 bits per heavy atom. The molecule has 37 heavy (non-hydrogen) atoms.